The van der Waals surface area contributed by atoms with Gasteiger partial charge in [-0.25, -0.2) is 9.78 Å². The van der Waals surface area contributed by atoms with Gasteiger partial charge in [0.2, 0.25) is 0 Å². The average molecular weight is 130 g/mol. The summed E-state index contributed by atoms with van der Waals surface area (Å²) in [5.74, 6) is 0. The second kappa shape index (κ2) is 2.47. The first-order chi connectivity index (χ1) is 4.33. The van der Waals surface area contributed by atoms with Gasteiger partial charge in [-0.1, -0.05) is 6.08 Å². The van der Waals surface area contributed by atoms with E-state index < -0.39 is 5.60 Å². The first kappa shape index (κ1) is 6.74. The molecule has 0 amide bonds. The van der Waals surface area contributed by atoms with E-state index in [2.05, 4.69) is 11.5 Å². The van der Waals surface area contributed by atoms with Crippen LogP contribution in [0.2, 0.25) is 0 Å². The Bertz CT molecular complexity index is 105. The van der Waals surface area contributed by atoms with E-state index in [-0.39, 0.29) is 6.61 Å². The van der Waals surface area contributed by atoms with Crippen molar-refractivity contribution in [3.05, 3.63) is 12.7 Å². The molecule has 52 valence electrons. The van der Waals surface area contributed by atoms with Gasteiger partial charge in [0.05, 0.1) is 13.2 Å². The van der Waals surface area contributed by atoms with Gasteiger partial charge in [0.25, 0.3) is 0 Å². The summed E-state index contributed by atoms with van der Waals surface area (Å²) in [7, 11) is 0. The molecular weight excluding hydrogens is 120 g/mol. The Morgan fingerprint density at radius 1 is 1.78 bits per heavy atom. The predicted octanol–water partition coefficient (Wildman–Crippen LogP) is 0.255. The standard InChI is InChI=1S/C6H10O3/c1-2-6(5-7)3-4-8-9-6/h2,7H,1,3-5H2. The van der Waals surface area contributed by atoms with Crippen LogP contribution in [0, 0.1) is 0 Å². The molecule has 9 heavy (non-hydrogen) atoms. The normalized spacial score (nSPS) is 34.8. The number of aliphatic hydroxyl groups is 1. The van der Waals surface area contributed by atoms with Crippen LogP contribution < -0.4 is 0 Å². The maximum atomic E-state index is 8.74. The van der Waals surface area contributed by atoms with Crippen molar-refractivity contribution < 1.29 is 14.9 Å². The van der Waals surface area contributed by atoms with Crippen molar-refractivity contribution in [1.82, 2.24) is 0 Å². The highest BCUT2D eigenvalue weighted by Crippen LogP contribution is 2.23. The molecule has 0 saturated carbocycles. The predicted molar refractivity (Wildman–Crippen MR) is 31.7 cm³/mol. The molecule has 0 spiro atoms. The summed E-state index contributed by atoms with van der Waals surface area (Å²) in [4.78, 5) is 9.38. The van der Waals surface area contributed by atoms with Gasteiger partial charge in [0, 0.05) is 6.42 Å². The lowest BCUT2D eigenvalue weighted by Crippen LogP contribution is -2.28. The van der Waals surface area contributed by atoms with E-state index in [1.807, 2.05) is 0 Å². The van der Waals surface area contributed by atoms with Gasteiger partial charge >= 0.3 is 0 Å². The average Bonchev–Trinajstić information content (AvgIpc) is 2.36. The summed E-state index contributed by atoms with van der Waals surface area (Å²) in [5.41, 5.74) is -0.625. The molecule has 1 aliphatic heterocycles. The van der Waals surface area contributed by atoms with Crippen molar-refractivity contribution >= 4 is 0 Å². The molecule has 3 nitrogen and oxygen atoms in total. The van der Waals surface area contributed by atoms with Crippen molar-refractivity contribution in [3.63, 3.8) is 0 Å². The lowest BCUT2D eigenvalue weighted by molar-refractivity contribution is -0.301. The summed E-state index contributed by atoms with van der Waals surface area (Å²) < 4.78 is 0. The highest BCUT2D eigenvalue weighted by molar-refractivity contribution is 4.97. The lowest BCUT2D eigenvalue weighted by Gasteiger charge is -2.16. The number of hydrogen-bond donors (Lipinski definition) is 1. The molecular formula is C6H10O3. The molecule has 1 aliphatic rings. The minimum absolute atomic E-state index is 0.0590. The maximum Gasteiger partial charge on any atom is 0.146 e. The topological polar surface area (TPSA) is 38.7 Å². The monoisotopic (exact) mass is 130 g/mol. The van der Waals surface area contributed by atoms with Crippen molar-refractivity contribution in [2.24, 2.45) is 0 Å². The largest absolute Gasteiger partial charge is 0.393 e. The number of rotatable bonds is 2. The van der Waals surface area contributed by atoms with Crippen LogP contribution in [-0.2, 0) is 9.78 Å². The van der Waals surface area contributed by atoms with Gasteiger partial charge < -0.3 is 5.11 Å². The fourth-order valence-electron chi connectivity index (χ4n) is 0.721. The lowest BCUT2D eigenvalue weighted by atomic mass is 10.0. The third-order valence-corrected chi connectivity index (χ3v) is 1.47. The van der Waals surface area contributed by atoms with Crippen molar-refractivity contribution in [1.29, 1.82) is 0 Å². The molecule has 0 aromatic rings. The quantitative estimate of drug-likeness (QED) is 0.430. The molecule has 1 fully saturated rings. The van der Waals surface area contributed by atoms with Gasteiger partial charge in [-0.3, -0.25) is 0 Å². The summed E-state index contributed by atoms with van der Waals surface area (Å²) in [6, 6.07) is 0. The maximum absolute atomic E-state index is 8.74. The Morgan fingerprint density at radius 2 is 2.56 bits per heavy atom. The minimum atomic E-state index is -0.625. The molecule has 1 unspecified atom stereocenters. The van der Waals surface area contributed by atoms with Gasteiger partial charge in [-0.05, 0) is 0 Å². The Kier molecular flexibility index (Phi) is 1.85. The molecule has 0 aliphatic carbocycles. The molecule has 0 aromatic heterocycles. The fourth-order valence-corrected chi connectivity index (χ4v) is 0.721. The second-order valence-electron chi connectivity index (χ2n) is 2.08. The van der Waals surface area contributed by atoms with E-state index in [0.29, 0.717) is 13.0 Å². The van der Waals surface area contributed by atoms with Crippen molar-refractivity contribution in [3.8, 4) is 0 Å². The molecule has 1 saturated heterocycles. The second-order valence-corrected chi connectivity index (χ2v) is 2.08. The third kappa shape index (κ3) is 1.13. The first-order valence-corrected chi connectivity index (χ1v) is 2.88. The van der Waals surface area contributed by atoms with E-state index in [1.165, 1.54) is 0 Å². The highest BCUT2D eigenvalue weighted by atomic mass is 17.2. The van der Waals surface area contributed by atoms with E-state index in [0.717, 1.165) is 0 Å². The minimum Gasteiger partial charge on any atom is -0.393 e. The summed E-state index contributed by atoms with van der Waals surface area (Å²) in [6.45, 7) is 4.00. The Labute approximate surface area is 53.8 Å². The van der Waals surface area contributed by atoms with Gasteiger partial charge in [0.15, 0.2) is 0 Å². The number of hydrogen-bond acceptors (Lipinski definition) is 3. The molecule has 3 heteroatoms. The molecule has 1 heterocycles. The van der Waals surface area contributed by atoms with Crippen LogP contribution in [0.1, 0.15) is 6.42 Å². The van der Waals surface area contributed by atoms with Gasteiger partial charge in [0.1, 0.15) is 5.60 Å². The van der Waals surface area contributed by atoms with Crippen molar-refractivity contribution in [2.75, 3.05) is 13.2 Å². The molecule has 0 radical (unpaired) electrons. The van der Waals surface area contributed by atoms with Gasteiger partial charge in [-0.2, -0.15) is 0 Å². The van der Waals surface area contributed by atoms with E-state index in [9.17, 15) is 0 Å². The van der Waals surface area contributed by atoms with E-state index in [4.69, 9.17) is 9.99 Å². The van der Waals surface area contributed by atoms with Crippen LogP contribution in [0.25, 0.3) is 0 Å². The summed E-state index contributed by atoms with van der Waals surface area (Å²) in [6.07, 6.45) is 2.26. The molecule has 1 N–H and O–H groups in total. The van der Waals surface area contributed by atoms with E-state index >= 15 is 0 Å². The number of aliphatic hydroxyl groups excluding tert-OH is 1. The third-order valence-electron chi connectivity index (χ3n) is 1.47. The smallest absolute Gasteiger partial charge is 0.146 e. The molecule has 0 bridgehead atoms. The zero-order chi connectivity index (χ0) is 6.74. The van der Waals surface area contributed by atoms with Crippen LogP contribution in [0.15, 0.2) is 12.7 Å². The molecule has 1 rings (SSSR count). The van der Waals surface area contributed by atoms with E-state index in [1.54, 1.807) is 6.08 Å². The van der Waals surface area contributed by atoms with Crippen molar-refractivity contribution in [2.45, 2.75) is 12.0 Å². The van der Waals surface area contributed by atoms with Crippen LogP contribution in [0.3, 0.4) is 0 Å². The molecule has 1 atom stereocenters. The zero-order valence-electron chi connectivity index (χ0n) is 5.17. The van der Waals surface area contributed by atoms with Crippen LogP contribution in [0.4, 0.5) is 0 Å². The Morgan fingerprint density at radius 3 is 2.78 bits per heavy atom. The van der Waals surface area contributed by atoms with Gasteiger partial charge in [-0.15, -0.1) is 6.58 Å². The fraction of sp³-hybridized carbons (Fsp3) is 0.667. The summed E-state index contributed by atoms with van der Waals surface area (Å²) in [5, 5.41) is 8.74. The Balaban J connectivity index is 2.55. The van der Waals surface area contributed by atoms with Crippen LogP contribution in [0.5, 0.6) is 0 Å². The first-order valence-electron chi connectivity index (χ1n) is 2.88. The SMILES string of the molecule is C=CC1(CO)CCOO1. The van der Waals surface area contributed by atoms with Crippen LogP contribution >= 0.6 is 0 Å². The zero-order valence-corrected chi connectivity index (χ0v) is 5.17. The highest BCUT2D eigenvalue weighted by Gasteiger charge is 2.32. The Hall–Kier alpha value is -0.380. The summed E-state index contributed by atoms with van der Waals surface area (Å²) >= 11 is 0. The molecule has 0 aromatic carbocycles. The van der Waals surface area contributed by atoms with Crippen LogP contribution in [-0.4, -0.2) is 23.9 Å².